The molecule has 110 valence electrons. The van der Waals surface area contributed by atoms with Crippen molar-refractivity contribution in [3.05, 3.63) is 29.8 Å². The van der Waals surface area contributed by atoms with Crippen LogP contribution in [0.2, 0.25) is 0 Å². The van der Waals surface area contributed by atoms with Gasteiger partial charge in [0, 0.05) is 30.6 Å². The monoisotopic (exact) mass is 274 g/mol. The molecule has 0 spiro atoms. The maximum atomic E-state index is 6.09. The molecule has 2 atom stereocenters. The number of benzene rings is 1. The van der Waals surface area contributed by atoms with Crippen molar-refractivity contribution in [3.63, 3.8) is 0 Å². The fourth-order valence-electron chi connectivity index (χ4n) is 3.50. The van der Waals surface area contributed by atoms with Crippen molar-refractivity contribution in [1.29, 1.82) is 0 Å². The van der Waals surface area contributed by atoms with Gasteiger partial charge in [0.15, 0.2) is 0 Å². The first-order valence-corrected chi connectivity index (χ1v) is 7.77. The van der Waals surface area contributed by atoms with Crippen molar-refractivity contribution in [1.82, 2.24) is 10.2 Å². The van der Waals surface area contributed by atoms with Crippen LogP contribution in [-0.4, -0.2) is 36.7 Å². The maximum absolute atomic E-state index is 6.09. The Morgan fingerprint density at radius 1 is 1.35 bits per heavy atom. The molecule has 20 heavy (non-hydrogen) atoms. The van der Waals surface area contributed by atoms with Crippen LogP contribution in [0.15, 0.2) is 24.3 Å². The highest BCUT2D eigenvalue weighted by Crippen LogP contribution is 2.39. The first-order chi connectivity index (χ1) is 9.55. The lowest BCUT2D eigenvalue weighted by Gasteiger charge is -2.38. The van der Waals surface area contributed by atoms with E-state index in [0.29, 0.717) is 12.1 Å². The third kappa shape index (κ3) is 2.84. The zero-order chi connectivity index (χ0) is 14.2. The molecule has 0 aromatic heterocycles. The summed E-state index contributed by atoms with van der Waals surface area (Å²) >= 11 is 0. The molecule has 1 saturated heterocycles. The Morgan fingerprint density at radius 2 is 2.15 bits per heavy atom. The molecular weight excluding hydrogens is 248 g/mol. The molecule has 2 aliphatic rings. The van der Waals surface area contributed by atoms with Crippen LogP contribution < -0.4 is 10.1 Å². The van der Waals surface area contributed by atoms with Gasteiger partial charge in [-0.15, -0.1) is 0 Å². The summed E-state index contributed by atoms with van der Waals surface area (Å²) in [5.74, 6) is 1.04. The number of ether oxygens (including phenoxy) is 1. The molecule has 2 aliphatic heterocycles. The van der Waals surface area contributed by atoms with Crippen molar-refractivity contribution in [2.75, 3.05) is 20.1 Å². The van der Waals surface area contributed by atoms with Crippen LogP contribution in [0.1, 0.15) is 44.7 Å². The van der Waals surface area contributed by atoms with Crippen LogP contribution in [0.5, 0.6) is 5.75 Å². The molecule has 3 heteroatoms. The van der Waals surface area contributed by atoms with E-state index in [4.69, 9.17) is 4.74 Å². The number of hydrogen-bond donors (Lipinski definition) is 1. The molecule has 1 aromatic carbocycles. The molecule has 0 aliphatic carbocycles. The minimum Gasteiger partial charge on any atom is -0.487 e. The number of para-hydroxylation sites is 1. The first-order valence-electron chi connectivity index (χ1n) is 7.77. The number of fused-ring (bicyclic) bond motifs is 1. The third-order valence-electron chi connectivity index (χ3n) is 4.65. The molecule has 3 nitrogen and oxygen atoms in total. The lowest BCUT2D eigenvalue weighted by atomic mass is 9.89. The van der Waals surface area contributed by atoms with Gasteiger partial charge in [0.2, 0.25) is 0 Å². The molecule has 3 rings (SSSR count). The third-order valence-corrected chi connectivity index (χ3v) is 4.65. The van der Waals surface area contributed by atoms with Crippen LogP contribution in [-0.2, 0) is 0 Å². The Hall–Kier alpha value is -1.06. The van der Waals surface area contributed by atoms with E-state index < -0.39 is 0 Å². The number of likely N-dealkylation sites (tertiary alicyclic amines) is 1. The molecule has 0 bridgehead atoms. The lowest BCUT2D eigenvalue weighted by Crippen LogP contribution is -2.43. The predicted molar refractivity (Wildman–Crippen MR) is 82.2 cm³/mol. The van der Waals surface area contributed by atoms with Crippen molar-refractivity contribution < 1.29 is 4.74 Å². The van der Waals surface area contributed by atoms with Gasteiger partial charge in [-0.05, 0) is 46.3 Å². The molecule has 0 amide bonds. The fraction of sp³-hybridized carbons (Fsp3) is 0.647. The van der Waals surface area contributed by atoms with Gasteiger partial charge in [0.05, 0.1) is 0 Å². The Balaban J connectivity index is 1.72. The fourth-order valence-corrected chi connectivity index (χ4v) is 3.50. The average molecular weight is 274 g/mol. The quantitative estimate of drug-likeness (QED) is 0.917. The highest BCUT2D eigenvalue weighted by Gasteiger charge is 2.34. The molecule has 2 unspecified atom stereocenters. The minimum atomic E-state index is -0.0897. The average Bonchev–Trinajstić information content (AvgIpc) is 2.80. The number of nitrogens with one attached hydrogen (secondary N) is 1. The molecule has 2 heterocycles. The van der Waals surface area contributed by atoms with E-state index in [0.717, 1.165) is 18.7 Å². The van der Waals surface area contributed by atoms with Crippen LogP contribution >= 0.6 is 0 Å². The number of likely N-dealkylation sites (N-methyl/N-ethyl adjacent to an activating group) is 1. The molecule has 1 aromatic rings. The van der Waals surface area contributed by atoms with Gasteiger partial charge in [-0.2, -0.15) is 0 Å². The van der Waals surface area contributed by atoms with Crippen molar-refractivity contribution in [2.24, 2.45) is 0 Å². The van der Waals surface area contributed by atoms with E-state index in [-0.39, 0.29) is 5.60 Å². The number of hydrogen-bond acceptors (Lipinski definition) is 3. The van der Waals surface area contributed by atoms with Gasteiger partial charge >= 0.3 is 0 Å². The number of rotatable bonds is 3. The molecule has 1 N–H and O–H groups in total. The van der Waals surface area contributed by atoms with Crippen LogP contribution in [0, 0.1) is 0 Å². The number of nitrogens with zero attached hydrogens (tertiary/aromatic N) is 1. The second-order valence-corrected chi connectivity index (χ2v) is 6.84. The van der Waals surface area contributed by atoms with E-state index in [2.05, 4.69) is 55.4 Å². The molecule has 0 saturated carbocycles. The summed E-state index contributed by atoms with van der Waals surface area (Å²) in [6, 6.07) is 9.55. The highest BCUT2D eigenvalue weighted by molar-refractivity contribution is 5.38. The van der Waals surface area contributed by atoms with Gasteiger partial charge in [-0.1, -0.05) is 18.2 Å². The van der Waals surface area contributed by atoms with E-state index in [9.17, 15) is 0 Å². The molecule has 0 radical (unpaired) electrons. The Bertz CT molecular complexity index is 472. The van der Waals surface area contributed by atoms with Crippen molar-refractivity contribution in [3.8, 4) is 5.75 Å². The predicted octanol–water partition coefficient (Wildman–Crippen LogP) is 2.97. The largest absolute Gasteiger partial charge is 0.487 e. The smallest absolute Gasteiger partial charge is 0.124 e. The second-order valence-electron chi connectivity index (χ2n) is 6.84. The van der Waals surface area contributed by atoms with E-state index in [1.54, 1.807) is 0 Å². The Labute approximate surface area is 122 Å². The maximum Gasteiger partial charge on any atom is 0.124 e. The first kappa shape index (κ1) is 13.9. The van der Waals surface area contributed by atoms with E-state index in [1.807, 2.05) is 0 Å². The van der Waals surface area contributed by atoms with Crippen molar-refractivity contribution >= 4 is 0 Å². The SMILES string of the molecule is CN1CCCC1CNC1CC(C)(C)Oc2ccccc21. The van der Waals surface area contributed by atoms with Crippen molar-refractivity contribution in [2.45, 2.75) is 50.8 Å². The van der Waals surface area contributed by atoms with Gasteiger partial charge in [-0.25, -0.2) is 0 Å². The lowest BCUT2D eigenvalue weighted by molar-refractivity contribution is 0.0648. The highest BCUT2D eigenvalue weighted by atomic mass is 16.5. The zero-order valence-electron chi connectivity index (χ0n) is 12.9. The molecular formula is C17H26N2O. The van der Waals surface area contributed by atoms with E-state index in [1.165, 1.54) is 24.9 Å². The standard InChI is InChI=1S/C17H26N2O/c1-17(2)11-15(14-8-4-5-9-16(14)20-17)18-12-13-7-6-10-19(13)3/h4-5,8-9,13,15,18H,6-7,10-12H2,1-3H3. The van der Waals surface area contributed by atoms with Crippen LogP contribution in [0.25, 0.3) is 0 Å². The zero-order valence-corrected chi connectivity index (χ0v) is 12.9. The summed E-state index contributed by atoms with van der Waals surface area (Å²) in [4.78, 5) is 2.48. The van der Waals surface area contributed by atoms with E-state index >= 15 is 0 Å². The normalized spacial score (nSPS) is 28.9. The Morgan fingerprint density at radius 3 is 2.90 bits per heavy atom. The molecule has 1 fully saturated rings. The summed E-state index contributed by atoms with van der Waals surface area (Å²) in [5.41, 5.74) is 1.22. The van der Waals surface area contributed by atoms with Gasteiger partial charge in [-0.3, -0.25) is 0 Å². The summed E-state index contributed by atoms with van der Waals surface area (Å²) < 4.78 is 6.09. The van der Waals surface area contributed by atoms with Gasteiger partial charge < -0.3 is 15.0 Å². The van der Waals surface area contributed by atoms with Gasteiger partial charge in [0.1, 0.15) is 11.4 Å². The summed E-state index contributed by atoms with van der Waals surface area (Å²) in [6.07, 6.45) is 3.68. The van der Waals surface area contributed by atoms with Crippen LogP contribution in [0.3, 0.4) is 0 Å². The van der Waals surface area contributed by atoms with Crippen LogP contribution in [0.4, 0.5) is 0 Å². The minimum absolute atomic E-state index is 0.0897. The topological polar surface area (TPSA) is 24.5 Å². The summed E-state index contributed by atoms with van der Waals surface area (Å²) in [7, 11) is 2.24. The summed E-state index contributed by atoms with van der Waals surface area (Å²) in [6.45, 7) is 6.67. The second kappa shape index (κ2) is 5.38. The van der Waals surface area contributed by atoms with Gasteiger partial charge in [0.25, 0.3) is 0 Å². The Kier molecular flexibility index (Phi) is 3.74. The summed E-state index contributed by atoms with van der Waals surface area (Å²) in [5, 5.41) is 3.78.